The highest BCUT2D eigenvalue weighted by Crippen LogP contribution is 2.15. The summed E-state index contributed by atoms with van der Waals surface area (Å²) in [6, 6.07) is 6.76. The Balaban J connectivity index is 2.64. The van der Waals surface area contributed by atoms with E-state index in [4.69, 9.17) is 9.47 Å². The molecule has 8 heteroatoms. The Kier molecular flexibility index (Phi) is 6.60. The number of hydrogen-bond donors (Lipinski definition) is 1. The van der Waals surface area contributed by atoms with Crippen molar-refractivity contribution >= 4 is 21.6 Å². The van der Waals surface area contributed by atoms with Crippen LogP contribution < -0.4 is 10.1 Å². The zero-order valence-electron chi connectivity index (χ0n) is 12.3. The molecular weight excluding hydrogens is 296 g/mol. The summed E-state index contributed by atoms with van der Waals surface area (Å²) >= 11 is 0. The summed E-state index contributed by atoms with van der Waals surface area (Å²) < 4.78 is 34.1. The van der Waals surface area contributed by atoms with Crippen molar-refractivity contribution < 1.29 is 22.7 Å². The van der Waals surface area contributed by atoms with E-state index in [1.165, 1.54) is 7.11 Å². The first kappa shape index (κ1) is 17.4. The molecule has 118 valence electrons. The normalized spacial score (nSPS) is 11.4. The van der Waals surface area contributed by atoms with Gasteiger partial charge in [0, 0.05) is 19.3 Å². The zero-order chi connectivity index (χ0) is 15.9. The van der Waals surface area contributed by atoms with Crippen LogP contribution in [0.2, 0.25) is 0 Å². The predicted molar refractivity (Wildman–Crippen MR) is 79.9 cm³/mol. The first-order valence-corrected chi connectivity index (χ1v) is 8.09. The monoisotopic (exact) mass is 316 g/mol. The molecule has 0 fully saturated rings. The third-order valence-corrected chi connectivity index (χ3v) is 3.96. The number of nitrogens with one attached hydrogen (secondary N) is 1. The highest BCUT2D eigenvalue weighted by atomic mass is 32.2. The van der Waals surface area contributed by atoms with Gasteiger partial charge in [0.2, 0.25) is 15.9 Å². The molecule has 0 unspecified atom stereocenters. The van der Waals surface area contributed by atoms with Gasteiger partial charge in [0.05, 0.1) is 26.5 Å². The van der Waals surface area contributed by atoms with Crippen LogP contribution in [0.25, 0.3) is 0 Å². The quantitative estimate of drug-likeness (QED) is 0.757. The Morgan fingerprint density at radius 2 is 1.86 bits per heavy atom. The van der Waals surface area contributed by atoms with Crippen molar-refractivity contribution in [2.45, 2.75) is 0 Å². The standard InChI is InChI=1S/C13H20N2O5S/c1-19-9-8-15(21(3,17)18)10-13(16)14-11-4-6-12(20-2)7-5-11/h4-7H,8-10H2,1-3H3,(H,14,16). The van der Waals surface area contributed by atoms with Crippen molar-refractivity contribution in [3.8, 4) is 5.75 Å². The Labute approximate surface area is 124 Å². The molecule has 0 heterocycles. The average molecular weight is 316 g/mol. The number of anilines is 1. The maximum atomic E-state index is 11.9. The number of hydrogen-bond acceptors (Lipinski definition) is 5. The van der Waals surface area contributed by atoms with Crippen LogP contribution in [0.15, 0.2) is 24.3 Å². The lowest BCUT2D eigenvalue weighted by Crippen LogP contribution is -2.39. The first-order chi connectivity index (χ1) is 9.86. The minimum absolute atomic E-state index is 0.130. The fourth-order valence-electron chi connectivity index (χ4n) is 1.59. The molecule has 0 aliphatic heterocycles. The van der Waals surface area contributed by atoms with E-state index in [0.29, 0.717) is 11.4 Å². The number of nitrogens with zero attached hydrogens (tertiary/aromatic N) is 1. The van der Waals surface area contributed by atoms with Crippen LogP contribution in [0.1, 0.15) is 0 Å². The topological polar surface area (TPSA) is 84.9 Å². The van der Waals surface area contributed by atoms with E-state index in [9.17, 15) is 13.2 Å². The predicted octanol–water partition coefficient (Wildman–Crippen LogP) is 0.542. The third-order valence-electron chi connectivity index (χ3n) is 2.71. The molecule has 1 amide bonds. The summed E-state index contributed by atoms with van der Waals surface area (Å²) in [6.07, 6.45) is 1.06. The van der Waals surface area contributed by atoms with E-state index in [1.807, 2.05) is 0 Å². The lowest BCUT2D eigenvalue weighted by atomic mass is 10.3. The van der Waals surface area contributed by atoms with Gasteiger partial charge in [0.25, 0.3) is 0 Å². The van der Waals surface area contributed by atoms with Crippen LogP contribution in [0.3, 0.4) is 0 Å². The molecule has 0 aliphatic carbocycles. The fraction of sp³-hybridized carbons (Fsp3) is 0.462. The molecule has 0 saturated heterocycles. The van der Waals surface area contributed by atoms with Crippen molar-refractivity contribution in [2.24, 2.45) is 0 Å². The van der Waals surface area contributed by atoms with E-state index in [2.05, 4.69) is 5.32 Å². The maximum absolute atomic E-state index is 11.9. The van der Waals surface area contributed by atoms with Crippen molar-refractivity contribution in [1.29, 1.82) is 0 Å². The van der Waals surface area contributed by atoms with Crippen molar-refractivity contribution in [1.82, 2.24) is 4.31 Å². The summed E-state index contributed by atoms with van der Waals surface area (Å²) in [7, 11) is -0.444. The van der Waals surface area contributed by atoms with Gasteiger partial charge < -0.3 is 14.8 Å². The number of ether oxygens (including phenoxy) is 2. The van der Waals surface area contributed by atoms with Crippen molar-refractivity contribution in [2.75, 3.05) is 45.5 Å². The minimum Gasteiger partial charge on any atom is -0.497 e. The van der Waals surface area contributed by atoms with E-state index in [-0.39, 0.29) is 19.7 Å². The van der Waals surface area contributed by atoms with Crippen molar-refractivity contribution in [3.63, 3.8) is 0 Å². The molecule has 0 spiro atoms. The number of carbonyl (C=O) groups is 1. The summed E-state index contributed by atoms with van der Waals surface area (Å²) in [6.45, 7) is 0.0997. The van der Waals surface area contributed by atoms with Crippen LogP contribution in [0.4, 0.5) is 5.69 Å². The van der Waals surface area contributed by atoms with Gasteiger partial charge in [0.15, 0.2) is 0 Å². The maximum Gasteiger partial charge on any atom is 0.239 e. The lowest BCUT2D eigenvalue weighted by molar-refractivity contribution is -0.116. The Morgan fingerprint density at radius 1 is 1.24 bits per heavy atom. The highest BCUT2D eigenvalue weighted by molar-refractivity contribution is 7.88. The van der Waals surface area contributed by atoms with Gasteiger partial charge in [-0.3, -0.25) is 4.79 Å². The van der Waals surface area contributed by atoms with Gasteiger partial charge in [-0.25, -0.2) is 8.42 Å². The number of rotatable bonds is 8. The summed E-state index contributed by atoms with van der Waals surface area (Å²) in [5.41, 5.74) is 0.570. The highest BCUT2D eigenvalue weighted by Gasteiger charge is 2.19. The lowest BCUT2D eigenvalue weighted by Gasteiger charge is -2.19. The molecule has 21 heavy (non-hydrogen) atoms. The molecule has 1 aromatic rings. The molecule has 0 aromatic heterocycles. The van der Waals surface area contributed by atoms with Gasteiger partial charge >= 0.3 is 0 Å². The van der Waals surface area contributed by atoms with E-state index >= 15 is 0 Å². The molecule has 1 rings (SSSR count). The second-order valence-electron chi connectivity index (χ2n) is 4.37. The van der Waals surface area contributed by atoms with Gasteiger partial charge in [-0.15, -0.1) is 0 Å². The smallest absolute Gasteiger partial charge is 0.239 e. The molecule has 1 aromatic carbocycles. The molecule has 0 atom stereocenters. The number of methoxy groups -OCH3 is 2. The molecule has 0 saturated carbocycles. The summed E-state index contributed by atoms with van der Waals surface area (Å²) in [4.78, 5) is 11.9. The van der Waals surface area contributed by atoms with Crippen molar-refractivity contribution in [3.05, 3.63) is 24.3 Å². The van der Waals surface area contributed by atoms with Gasteiger partial charge in [-0.05, 0) is 24.3 Å². The van der Waals surface area contributed by atoms with Gasteiger partial charge in [-0.1, -0.05) is 0 Å². The van der Waals surface area contributed by atoms with Crippen LogP contribution in [0, 0.1) is 0 Å². The Bertz CT molecular complexity index is 556. The van der Waals surface area contributed by atoms with Gasteiger partial charge in [0.1, 0.15) is 5.75 Å². The zero-order valence-corrected chi connectivity index (χ0v) is 13.1. The molecule has 1 N–H and O–H groups in total. The molecular formula is C13H20N2O5S. The first-order valence-electron chi connectivity index (χ1n) is 6.24. The Hall–Kier alpha value is -1.64. The van der Waals surface area contributed by atoms with Gasteiger partial charge in [-0.2, -0.15) is 4.31 Å². The SMILES string of the molecule is COCCN(CC(=O)Nc1ccc(OC)cc1)S(C)(=O)=O. The number of benzene rings is 1. The second-order valence-corrected chi connectivity index (χ2v) is 6.35. The Morgan fingerprint density at radius 3 is 2.33 bits per heavy atom. The fourth-order valence-corrected chi connectivity index (χ4v) is 2.35. The third kappa shape index (κ3) is 6.11. The number of carbonyl (C=O) groups excluding carboxylic acids is 1. The summed E-state index contributed by atoms with van der Waals surface area (Å²) in [5.74, 6) is 0.257. The minimum atomic E-state index is -3.46. The van der Waals surface area contributed by atoms with E-state index in [0.717, 1.165) is 10.6 Å². The number of amides is 1. The van der Waals surface area contributed by atoms with E-state index in [1.54, 1.807) is 31.4 Å². The van der Waals surface area contributed by atoms with Crippen LogP contribution in [-0.2, 0) is 19.6 Å². The van der Waals surface area contributed by atoms with Crippen LogP contribution >= 0.6 is 0 Å². The summed E-state index contributed by atoms with van der Waals surface area (Å²) in [5, 5.41) is 2.63. The molecule has 7 nitrogen and oxygen atoms in total. The largest absolute Gasteiger partial charge is 0.497 e. The second kappa shape index (κ2) is 7.96. The van der Waals surface area contributed by atoms with Crippen LogP contribution in [0.5, 0.6) is 5.75 Å². The van der Waals surface area contributed by atoms with Crippen LogP contribution in [-0.4, -0.2) is 58.8 Å². The number of sulfonamides is 1. The molecule has 0 aliphatic rings. The van der Waals surface area contributed by atoms with E-state index < -0.39 is 15.9 Å². The molecule has 0 bridgehead atoms. The molecule has 0 radical (unpaired) electrons. The average Bonchev–Trinajstić information content (AvgIpc) is 2.43.